The summed E-state index contributed by atoms with van der Waals surface area (Å²) in [5, 5.41) is 9.18. The molecule has 0 aromatic heterocycles. The van der Waals surface area contributed by atoms with E-state index in [1.165, 1.54) is 18.2 Å². The molecule has 0 N–H and O–H groups in total. The third-order valence-corrected chi connectivity index (χ3v) is 3.05. The van der Waals surface area contributed by atoms with Crippen LogP contribution in [0.4, 0.5) is 4.39 Å². The van der Waals surface area contributed by atoms with E-state index in [0.717, 1.165) is 0 Å². The predicted molar refractivity (Wildman–Crippen MR) is 82.3 cm³/mol. The average Bonchev–Trinajstić information content (AvgIpc) is 2.56. The standard InChI is InChI=1S/C18H16FNO3/c1-2-6-18(21)23-17(12-20)13-9-10-15(19)16(11-13)22-14-7-4-3-5-8-14/h3-5,7-11,17H,2,6H2,1H3. The van der Waals surface area contributed by atoms with Crippen LogP contribution in [0.1, 0.15) is 31.4 Å². The van der Waals surface area contributed by atoms with Crippen molar-refractivity contribution < 1.29 is 18.7 Å². The Morgan fingerprint density at radius 2 is 2.00 bits per heavy atom. The van der Waals surface area contributed by atoms with Crippen molar-refractivity contribution in [3.8, 4) is 17.6 Å². The van der Waals surface area contributed by atoms with Gasteiger partial charge in [-0.15, -0.1) is 0 Å². The molecule has 0 aliphatic rings. The molecular weight excluding hydrogens is 297 g/mol. The summed E-state index contributed by atoms with van der Waals surface area (Å²) in [7, 11) is 0. The predicted octanol–water partition coefficient (Wildman–Crippen LogP) is 4.53. The highest BCUT2D eigenvalue weighted by molar-refractivity contribution is 5.70. The summed E-state index contributed by atoms with van der Waals surface area (Å²) in [6, 6.07) is 14.6. The molecule has 0 radical (unpaired) electrons. The van der Waals surface area contributed by atoms with E-state index in [1.807, 2.05) is 19.1 Å². The number of nitrogens with zero attached hydrogens (tertiary/aromatic N) is 1. The molecule has 0 amide bonds. The molecule has 0 spiro atoms. The molecule has 0 aliphatic carbocycles. The summed E-state index contributed by atoms with van der Waals surface area (Å²) >= 11 is 0. The summed E-state index contributed by atoms with van der Waals surface area (Å²) in [6.45, 7) is 1.84. The second kappa shape index (κ2) is 7.95. The normalized spacial score (nSPS) is 11.3. The van der Waals surface area contributed by atoms with E-state index < -0.39 is 17.9 Å². The number of para-hydroxylation sites is 1. The van der Waals surface area contributed by atoms with Crippen molar-refractivity contribution >= 4 is 5.97 Å². The molecule has 0 aliphatic heterocycles. The first kappa shape index (κ1) is 16.5. The fourth-order valence-corrected chi connectivity index (χ4v) is 1.94. The lowest BCUT2D eigenvalue weighted by Crippen LogP contribution is -2.09. The minimum Gasteiger partial charge on any atom is -0.454 e. The number of carbonyl (C=O) groups excluding carboxylic acids is 1. The molecule has 1 unspecified atom stereocenters. The molecular formula is C18H16FNO3. The van der Waals surface area contributed by atoms with E-state index in [9.17, 15) is 14.4 Å². The summed E-state index contributed by atoms with van der Waals surface area (Å²) in [4.78, 5) is 11.5. The van der Waals surface area contributed by atoms with E-state index >= 15 is 0 Å². The van der Waals surface area contributed by atoms with Gasteiger partial charge in [0.2, 0.25) is 6.10 Å². The Hall–Kier alpha value is -2.87. The zero-order valence-electron chi connectivity index (χ0n) is 12.7. The first-order valence-electron chi connectivity index (χ1n) is 7.25. The zero-order valence-corrected chi connectivity index (χ0v) is 12.7. The van der Waals surface area contributed by atoms with Crippen molar-refractivity contribution in [1.82, 2.24) is 0 Å². The van der Waals surface area contributed by atoms with Gasteiger partial charge in [0.05, 0.1) is 0 Å². The Morgan fingerprint density at radius 3 is 2.65 bits per heavy atom. The lowest BCUT2D eigenvalue weighted by Gasteiger charge is -2.13. The third-order valence-electron chi connectivity index (χ3n) is 3.05. The van der Waals surface area contributed by atoms with Crippen LogP contribution in [0.3, 0.4) is 0 Å². The van der Waals surface area contributed by atoms with Crippen LogP contribution in [0.5, 0.6) is 11.5 Å². The fraction of sp³-hybridized carbons (Fsp3) is 0.222. The molecule has 0 heterocycles. The number of ether oxygens (including phenoxy) is 2. The number of rotatable bonds is 6. The molecule has 0 fully saturated rings. The topological polar surface area (TPSA) is 59.3 Å². The molecule has 2 aromatic rings. The molecule has 5 heteroatoms. The molecule has 1 atom stereocenters. The van der Waals surface area contributed by atoms with Crippen molar-refractivity contribution in [1.29, 1.82) is 5.26 Å². The Labute approximate surface area is 134 Å². The quantitative estimate of drug-likeness (QED) is 0.735. The third kappa shape index (κ3) is 4.55. The SMILES string of the molecule is CCCC(=O)OC(C#N)c1ccc(F)c(Oc2ccccc2)c1. The summed E-state index contributed by atoms with van der Waals surface area (Å²) in [5.41, 5.74) is 0.365. The van der Waals surface area contributed by atoms with Gasteiger partial charge in [-0.1, -0.05) is 31.2 Å². The van der Waals surface area contributed by atoms with E-state index in [-0.39, 0.29) is 12.2 Å². The molecule has 2 aromatic carbocycles. The van der Waals surface area contributed by atoms with Gasteiger partial charge in [0.25, 0.3) is 0 Å². The lowest BCUT2D eigenvalue weighted by atomic mass is 10.1. The van der Waals surface area contributed by atoms with Crippen LogP contribution in [0.15, 0.2) is 48.5 Å². The number of hydrogen-bond acceptors (Lipinski definition) is 4. The maximum atomic E-state index is 13.9. The van der Waals surface area contributed by atoms with Gasteiger partial charge >= 0.3 is 5.97 Å². The van der Waals surface area contributed by atoms with E-state index in [1.54, 1.807) is 24.3 Å². The molecule has 0 saturated carbocycles. The van der Waals surface area contributed by atoms with Gasteiger partial charge in [-0.05, 0) is 30.7 Å². The van der Waals surface area contributed by atoms with Crippen LogP contribution in [-0.4, -0.2) is 5.97 Å². The first-order chi connectivity index (χ1) is 11.1. The first-order valence-corrected chi connectivity index (χ1v) is 7.25. The van der Waals surface area contributed by atoms with E-state index in [0.29, 0.717) is 17.7 Å². The van der Waals surface area contributed by atoms with Crippen molar-refractivity contribution in [2.45, 2.75) is 25.9 Å². The smallest absolute Gasteiger partial charge is 0.307 e. The highest BCUT2D eigenvalue weighted by Crippen LogP contribution is 2.28. The van der Waals surface area contributed by atoms with Crippen molar-refractivity contribution in [3.63, 3.8) is 0 Å². The lowest BCUT2D eigenvalue weighted by molar-refractivity contribution is -0.146. The molecule has 0 saturated heterocycles. The number of carbonyl (C=O) groups is 1. The fourth-order valence-electron chi connectivity index (χ4n) is 1.94. The zero-order chi connectivity index (χ0) is 16.7. The average molecular weight is 313 g/mol. The van der Waals surface area contributed by atoms with Crippen LogP contribution in [0.25, 0.3) is 0 Å². The Bertz CT molecular complexity index is 710. The van der Waals surface area contributed by atoms with Crippen LogP contribution >= 0.6 is 0 Å². The number of benzene rings is 2. The highest BCUT2D eigenvalue weighted by atomic mass is 19.1. The van der Waals surface area contributed by atoms with Gasteiger partial charge < -0.3 is 9.47 Å². The monoisotopic (exact) mass is 313 g/mol. The number of halogens is 1. The van der Waals surface area contributed by atoms with Crippen LogP contribution in [0.2, 0.25) is 0 Å². The van der Waals surface area contributed by atoms with Crippen LogP contribution < -0.4 is 4.74 Å². The number of hydrogen-bond donors (Lipinski definition) is 0. The minimum absolute atomic E-state index is 0.0273. The second-order valence-corrected chi connectivity index (χ2v) is 4.85. The largest absolute Gasteiger partial charge is 0.454 e. The molecule has 118 valence electrons. The van der Waals surface area contributed by atoms with E-state index in [4.69, 9.17) is 9.47 Å². The maximum absolute atomic E-state index is 13.9. The van der Waals surface area contributed by atoms with Gasteiger partial charge in [0.1, 0.15) is 11.8 Å². The van der Waals surface area contributed by atoms with Gasteiger partial charge in [-0.3, -0.25) is 4.79 Å². The summed E-state index contributed by atoms with van der Waals surface area (Å²) < 4.78 is 24.5. The van der Waals surface area contributed by atoms with Crippen LogP contribution in [0, 0.1) is 17.1 Å². The molecule has 23 heavy (non-hydrogen) atoms. The second-order valence-electron chi connectivity index (χ2n) is 4.85. The van der Waals surface area contributed by atoms with Gasteiger partial charge in [-0.2, -0.15) is 5.26 Å². The van der Waals surface area contributed by atoms with Crippen molar-refractivity contribution in [3.05, 3.63) is 59.9 Å². The number of esters is 1. The van der Waals surface area contributed by atoms with Gasteiger partial charge in [0.15, 0.2) is 11.6 Å². The highest BCUT2D eigenvalue weighted by Gasteiger charge is 2.18. The van der Waals surface area contributed by atoms with Crippen molar-refractivity contribution in [2.75, 3.05) is 0 Å². The Balaban J connectivity index is 2.21. The molecule has 4 nitrogen and oxygen atoms in total. The van der Waals surface area contributed by atoms with Gasteiger partial charge in [-0.25, -0.2) is 4.39 Å². The number of nitriles is 1. The summed E-state index contributed by atoms with van der Waals surface area (Å²) in [6.07, 6.45) is -0.233. The Kier molecular flexibility index (Phi) is 5.70. The van der Waals surface area contributed by atoms with Gasteiger partial charge in [0, 0.05) is 12.0 Å². The van der Waals surface area contributed by atoms with Crippen molar-refractivity contribution in [2.24, 2.45) is 0 Å². The molecule has 0 bridgehead atoms. The maximum Gasteiger partial charge on any atom is 0.307 e. The summed E-state index contributed by atoms with van der Waals surface area (Å²) in [5.74, 6) is -0.580. The Morgan fingerprint density at radius 1 is 1.26 bits per heavy atom. The van der Waals surface area contributed by atoms with Crippen LogP contribution in [-0.2, 0) is 9.53 Å². The molecule has 2 rings (SSSR count). The van der Waals surface area contributed by atoms with E-state index in [2.05, 4.69) is 0 Å². The minimum atomic E-state index is -1.09.